The first-order chi connectivity index (χ1) is 9.04. The molecule has 5 heteroatoms. The molecule has 0 bridgehead atoms. The van der Waals surface area contributed by atoms with Gasteiger partial charge in [0.1, 0.15) is 16.1 Å². The topological polar surface area (TPSA) is 35.0 Å². The van der Waals surface area contributed by atoms with Crippen LogP contribution in [0.4, 0.5) is 0 Å². The summed E-state index contributed by atoms with van der Waals surface area (Å²) in [7, 11) is 0. The SMILES string of the molecule is CC(C)COc1ccc(-c2nc(Cl)cc(Cl)n2)cc1. The van der Waals surface area contributed by atoms with E-state index in [0.717, 1.165) is 11.3 Å². The maximum absolute atomic E-state index is 5.86. The van der Waals surface area contributed by atoms with Gasteiger partial charge in [0.15, 0.2) is 5.82 Å². The van der Waals surface area contributed by atoms with Gasteiger partial charge in [0, 0.05) is 11.6 Å². The lowest BCUT2D eigenvalue weighted by atomic mass is 10.2. The minimum atomic E-state index is 0.329. The monoisotopic (exact) mass is 296 g/mol. The molecule has 1 aromatic carbocycles. The molecule has 19 heavy (non-hydrogen) atoms. The quantitative estimate of drug-likeness (QED) is 0.780. The van der Waals surface area contributed by atoms with Crippen LogP contribution in [-0.4, -0.2) is 16.6 Å². The number of ether oxygens (including phenoxy) is 1. The Kier molecular flexibility index (Phi) is 4.61. The fraction of sp³-hybridized carbons (Fsp3) is 0.286. The van der Waals surface area contributed by atoms with Crippen molar-refractivity contribution in [2.45, 2.75) is 13.8 Å². The summed E-state index contributed by atoms with van der Waals surface area (Å²) in [5.41, 5.74) is 0.848. The minimum absolute atomic E-state index is 0.329. The second-order valence-electron chi connectivity index (χ2n) is 4.57. The first kappa shape index (κ1) is 14.1. The van der Waals surface area contributed by atoms with E-state index in [4.69, 9.17) is 27.9 Å². The van der Waals surface area contributed by atoms with Gasteiger partial charge in [-0.3, -0.25) is 0 Å². The molecular formula is C14H14Cl2N2O. The Morgan fingerprint density at radius 1 is 1.05 bits per heavy atom. The fourth-order valence-electron chi connectivity index (χ4n) is 1.48. The Morgan fingerprint density at radius 2 is 1.63 bits per heavy atom. The van der Waals surface area contributed by atoms with Crippen LogP contribution in [0.15, 0.2) is 30.3 Å². The van der Waals surface area contributed by atoms with Crippen molar-refractivity contribution in [1.82, 2.24) is 9.97 Å². The van der Waals surface area contributed by atoms with Crippen LogP contribution >= 0.6 is 23.2 Å². The summed E-state index contributed by atoms with van der Waals surface area (Å²) < 4.78 is 5.61. The van der Waals surface area contributed by atoms with Gasteiger partial charge in [0.2, 0.25) is 0 Å². The van der Waals surface area contributed by atoms with E-state index in [2.05, 4.69) is 23.8 Å². The molecule has 0 amide bonds. The third-order valence-electron chi connectivity index (χ3n) is 2.36. The van der Waals surface area contributed by atoms with Gasteiger partial charge in [-0.15, -0.1) is 0 Å². The summed E-state index contributed by atoms with van der Waals surface area (Å²) in [6, 6.07) is 9.05. The van der Waals surface area contributed by atoms with E-state index in [1.165, 1.54) is 6.07 Å². The number of hydrogen-bond acceptors (Lipinski definition) is 3. The molecule has 0 saturated heterocycles. The first-order valence-corrected chi connectivity index (χ1v) is 6.73. The van der Waals surface area contributed by atoms with Crippen molar-refractivity contribution < 1.29 is 4.74 Å². The molecule has 0 N–H and O–H groups in total. The zero-order valence-corrected chi connectivity index (χ0v) is 12.2. The van der Waals surface area contributed by atoms with Gasteiger partial charge in [0.05, 0.1) is 6.61 Å². The third-order valence-corrected chi connectivity index (χ3v) is 2.75. The predicted octanol–water partition coefficient (Wildman–Crippen LogP) is 4.49. The summed E-state index contributed by atoms with van der Waals surface area (Å²) >= 11 is 11.7. The van der Waals surface area contributed by atoms with Crippen LogP contribution in [0.2, 0.25) is 10.3 Å². The Labute approximate surface area is 122 Å². The summed E-state index contributed by atoms with van der Waals surface area (Å²) in [4.78, 5) is 8.27. The van der Waals surface area contributed by atoms with E-state index in [-0.39, 0.29) is 0 Å². The molecule has 2 aromatic rings. The molecule has 0 fully saturated rings. The second-order valence-corrected chi connectivity index (χ2v) is 5.34. The molecule has 2 rings (SSSR count). The van der Waals surface area contributed by atoms with Crippen molar-refractivity contribution in [3.05, 3.63) is 40.6 Å². The highest BCUT2D eigenvalue weighted by molar-refractivity contribution is 6.33. The van der Waals surface area contributed by atoms with Crippen LogP contribution in [-0.2, 0) is 0 Å². The number of halogens is 2. The molecule has 1 heterocycles. The maximum Gasteiger partial charge on any atom is 0.162 e. The molecular weight excluding hydrogens is 283 g/mol. The smallest absolute Gasteiger partial charge is 0.162 e. The Hall–Kier alpha value is -1.32. The van der Waals surface area contributed by atoms with E-state index in [1.807, 2.05) is 24.3 Å². The molecule has 0 aliphatic carbocycles. The van der Waals surface area contributed by atoms with Crippen molar-refractivity contribution in [2.75, 3.05) is 6.61 Å². The van der Waals surface area contributed by atoms with Gasteiger partial charge >= 0.3 is 0 Å². The standard InChI is InChI=1S/C14H14Cl2N2O/c1-9(2)8-19-11-5-3-10(4-6-11)14-17-12(15)7-13(16)18-14/h3-7,9H,8H2,1-2H3. The third kappa shape index (κ3) is 4.08. The Bertz CT molecular complexity index is 536. The molecule has 0 unspecified atom stereocenters. The van der Waals surface area contributed by atoms with E-state index in [9.17, 15) is 0 Å². The van der Waals surface area contributed by atoms with Crippen molar-refractivity contribution >= 4 is 23.2 Å². The van der Waals surface area contributed by atoms with Crippen molar-refractivity contribution in [2.24, 2.45) is 5.92 Å². The zero-order chi connectivity index (χ0) is 13.8. The van der Waals surface area contributed by atoms with Gasteiger partial charge in [-0.2, -0.15) is 0 Å². The van der Waals surface area contributed by atoms with E-state index >= 15 is 0 Å². The molecule has 100 valence electrons. The van der Waals surface area contributed by atoms with Crippen LogP contribution < -0.4 is 4.74 Å². The lowest BCUT2D eigenvalue weighted by molar-refractivity contribution is 0.271. The van der Waals surface area contributed by atoms with E-state index in [1.54, 1.807) is 0 Å². The summed E-state index contributed by atoms with van der Waals surface area (Å²) in [5.74, 6) is 1.83. The largest absolute Gasteiger partial charge is 0.493 e. The first-order valence-electron chi connectivity index (χ1n) is 5.98. The summed E-state index contributed by atoms with van der Waals surface area (Å²) in [6.07, 6.45) is 0. The van der Waals surface area contributed by atoms with Gasteiger partial charge in [-0.05, 0) is 30.2 Å². The predicted molar refractivity (Wildman–Crippen MR) is 77.8 cm³/mol. The number of hydrogen-bond donors (Lipinski definition) is 0. The highest BCUT2D eigenvalue weighted by Gasteiger charge is 2.05. The Balaban J connectivity index is 2.17. The van der Waals surface area contributed by atoms with Crippen LogP contribution in [0.5, 0.6) is 5.75 Å². The average molecular weight is 297 g/mol. The average Bonchev–Trinajstić information content (AvgIpc) is 2.36. The lowest BCUT2D eigenvalue weighted by Gasteiger charge is -2.09. The Morgan fingerprint density at radius 3 is 2.16 bits per heavy atom. The highest BCUT2D eigenvalue weighted by Crippen LogP contribution is 2.22. The van der Waals surface area contributed by atoms with Gasteiger partial charge < -0.3 is 4.74 Å². The number of nitrogens with zero attached hydrogens (tertiary/aromatic N) is 2. The van der Waals surface area contributed by atoms with Gasteiger partial charge in [-0.1, -0.05) is 37.0 Å². The summed E-state index contributed by atoms with van der Waals surface area (Å²) in [5, 5.41) is 0.658. The van der Waals surface area contributed by atoms with E-state index in [0.29, 0.717) is 28.7 Å². The molecule has 1 aromatic heterocycles. The van der Waals surface area contributed by atoms with Crippen LogP contribution in [0.1, 0.15) is 13.8 Å². The number of benzene rings is 1. The maximum atomic E-state index is 5.86. The van der Waals surface area contributed by atoms with Gasteiger partial charge in [0.25, 0.3) is 0 Å². The lowest BCUT2D eigenvalue weighted by Crippen LogP contribution is -2.04. The normalized spacial score (nSPS) is 10.8. The zero-order valence-electron chi connectivity index (χ0n) is 10.7. The van der Waals surface area contributed by atoms with Crippen molar-refractivity contribution in [3.8, 4) is 17.1 Å². The number of rotatable bonds is 4. The second kappa shape index (κ2) is 6.22. The number of aromatic nitrogens is 2. The molecule has 0 saturated carbocycles. The molecule has 0 aliphatic rings. The molecule has 0 atom stereocenters. The van der Waals surface area contributed by atoms with Gasteiger partial charge in [-0.25, -0.2) is 9.97 Å². The molecule has 0 spiro atoms. The van der Waals surface area contributed by atoms with Crippen LogP contribution in [0, 0.1) is 5.92 Å². The van der Waals surface area contributed by atoms with Crippen LogP contribution in [0.25, 0.3) is 11.4 Å². The van der Waals surface area contributed by atoms with E-state index < -0.39 is 0 Å². The van der Waals surface area contributed by atoms with Crippen molar-refractivity contribution in [1.29, 1.82) is 0 Å². The molecule has 3 nitrogen and oxygen atoms in total. The highest BCUT2D eigenvalue weighted by atomic mass is 35.5. The molecule has 0 radical (unpaired) electrons. The molecule has 0 aliphatic heterocycles. The van der Waals surface area contributed by atoms with Crippen molar-refractivity contribution in [3.63, 3.8) is 0 Å². The summed E-state index contributed by atoms with van der Waals surface area (Å²) in [6.45, 7) is 4.91. The fourth-order valence-corrected chi connectivity index (χ4v) is 1.91. The minimum Gasteiger partial charge on any atom is -0.493 e. The van der Waals surface area contributed by atoms with Crippen LogP contribution in [0.3, 0.4) is 0 Å².